The summed E-state index contributed by atoms with van der Waals surface area (Å²) in [5.74, 6) is 0. The molecule has 6 aromatic rings. The second-order valence-electron chi connectivity index (χ2n) is 8.90. The molecule has 0 saturated heterocycles. The molecular formula is C32H25N2+. The highest BCUT2D eigenvalue weighted by Crippen LogP contribution is 2.38. The van der Waals surface area contributed by atoms with Crippen LogP contribution in [0.1, 0.15) is 22.3 Å². The molecule has 0 aliphatic carbocycles. The molecule has 162 valence electrons. The Balaban J connectivity index is 1.49. The second kappa shape index (κ2) is 8.24. The molecule has 2 nitrogen and oxygen atoms in total. The van der Waals surface area contributed by atoms with E-state index in [4.69, 9.17) is 0 Å². The van der Waals surface area contributed by atoms with Crippen molar-refractivity contribution in [1.82, 2.24) is 0 Å². The van der Waals surface area contributed by atoms with Crippen molar-refractivity contribution in [2.75, 3.05) is 0 Å². The molecule has 0 bridgehead atoms. The average molecular weight is 438 g/mol. The Morgan fingerprint density at radius 2 is 1.09 bits per heavy atom. The van der Waals surface area contributed by atoms with Gasteiger partial charge in [-0.25, -0.2) is 4.57 Å². The lowest BCUT2D eigenvalue weighted by molar-refractivity contribution is -0.675. The van der Waals surface area contributed by atoms with E-state index < -0.39 is 0 Å². The number of aryl methyl sites for hydroxylation is 2. The van der Waals surface area contributed by atoms with Gasteiger partial charge in [0.2, 0.25) is 0 Å². The van der Waals surface area contributed by atoms with E-state index in [0.717, 1.165) is 5.56 Å². The fourth-order valence-corrected chi connectivity index (χ4v) is 4.70. The lowest BCUT2D eigenvalue weighted by atomic mass is 9.89. The fourth-order valence-electron chi connectivity index (χ4n) is 4.70. The monoisotopic (exact) mass is 437 g/mol. The van der Waals surface area contributed by atoms with Gasteiger partial charge in [0.1, 0.15) is 20.3 Å². The first-order valence-corrected chi connectivity index (χ1v) is 11.6. The van der Waals surface area contributed by atoms with Gasteiger partial charge in [0.25, 0.3) is 0 Å². The van der Waals surface area contributed by atoms with Gasteiger partial charge in [0.15, 0.2) is 12.4 Å². The molecule has 6 rings (SSSR count). The number of hydrogen-bond donors (Lipinski definition) is 0. The predicted octanol–water partition coefficient (Wildman–Crippen LogP) is 6.37. The van der Waals surface area contributed by atoms with Crippen LogP contribution in [0.15, 0.2) is 91.4 Å². The minimum atomic E-state index is 1.14. The van der Waals surface area contributed by atoms with Gasteiger partial charge in [0.05, 0.1) is 6.20 Å². The molecule has 0 aliphatic rings. The normalized spacial score (nSPS) is 12.2. The highest BCUT2D eigenvalue weighted by atomic mass is 14.9. The Labute approximate surface area is 199 Å². The molecule has 0 amide bonds. The smallest absolute Gasteiger partial charge is 0.169 e. The maximum absolute atomic E-state index is 3.20. The summed E-state index contributed by atoms with van der Waals surface area (Å²) in [4.78, 5) is 0. The van der Waals surface area contributed by atoms with E-state index in [-0.39, 0.29) is 0 Å². The molecule has 4 aromatic carbocycles. The summed E-state index contributed by atoms with van der Waals surface area (Å²) >= 11 is 0. The summed E-state index contributed by atoms with van der Waals surface area (Å²) < 4.78 is 3.98. The zero-order chi connectivity index (χ0) is 23.1. The first-order valence-electron chi connectivity index (χ1n) is 11.6. The van der Waals surface area contributed by atoms with Crippen LogP contribution in [-0.2, 0) is 14.1 Å². The maximum atomic E-state index is 3.20. The van der Waals surface area contributed by atoms with Gasteiger partial charge in [-0.3, -0.25) is 0 Å². The number of benzene rings is 4. The van der Waals surface area contributed by atoms with E-state index in [9.17, 15) is 0 Å². The van der Waals surface area contributed by atoms with Crippen LogP contribution in [0.2, 0.25) is 0 Å². The van der Waals surface area contributed by atoms with Gasteiger partial charge in [-0.05, 0) is 49.0 Å². The number of hydrogen-bond acceptors (Lipinski definition) is 0. The van der Waals surface area contributed by atoms with E-state index in [0.29, 0.717) is 0 Å². The van der Waals surface area contributed by atoms with Crippen molar-refractivity contribution in [3.05, 3.63) is 120 Å². The van der Waals surface area contributed by atoms with Crippen LogP contribution in [0.5, 0.6) is 0 Å². The van der Waals surface area contributed by atoms with Crippen LogP contribution in [-0.4, -0.2) is 0 Å². The van der Waals surface area contributed by atoms with Crippen LogP contribution >= 0.6 is 0 Å². The SMILES string of the molecule is C[n+]1[c-]cc(/C=C/c2ccc3ccc4c(/C=C/c5cc[n+](C)cc5)ccc5ccc2c3c54)cc1. The van der Waals surface area contributed by atoms with Crippen molar-refractivity contribution in [3.63, 3.8) is 0 Å². The third-order valence-corrected chi connectivity index (χ3v) is 6.57. The molecule has 0 aliphatic heterocycles. The van der Waals surface area contributed by atoms with E-state index in [1.807, 2.05) is 30.9 Å². The van der Waals surface area contributed by atoms with Crippen molar-refractivity contribution in [1.29, 1.82) is 0 Å². The molecule has 0 unspecified atom stereocenters. The van der Waals surface area contributed by atoms with E-state index in [1.165, 1.54) is 49.0 Å². The summed E-state index contributed by atoms with van der Waals surface area (Å²) in [6, 6.07) is 26.4. The predicted molar refractivity (Wildman–Crippen MR) is 142 cm³/mol. The Bertz CT molecular complexity index is 1560. The highest BCUT2D eigenvalue weighted by Gasteiger charge is 2.11. The van der Waals surface area contributed by atoms with Crippen LogP contribution in [0.3, 0.4) is 0 Å². The summed E-state index contributed by atoms with van der Waals surface area (Å²) in [7, 11) is 4.02. The van der Waals surface area contributed by atoms with Crippen LogP contribution < -0.4 is 9.13 Å². The van der Waals surface area contributed by atoms with Crippen LogP contribution in [0.4, 0.5) is 0 Å². The Morgan fingerprint density at radius 3 is 1.65 bits per heavy atom. The summed E-state index contributed by atoms with van der Waals surface area (Å²) in [6.45, 7) is 0. The van der Waals surface area contributed by atoms with Gasteiger partial charge < -0.3 is 4.57 Å². The second-order valence-corrected chi connectivity index (χ2v) is 8.90. The number of rotatable bonds is 4. The van der Waals surface area contributed by atoms with Crippen molar-refractivity contribution >= 4 is 56.6 Å². The molecule has 0 N–H and O–H groups in total. The fraction of sp³-hybridized carbons (Fsp3) is 0.0625. The molecule has 0 fully saturated rings. The Morgan fingerprint density at radius 1 is 0.559 bits per heavy atom. The zero-order valence-electron chi connectivity index (χ0n) is 19.4. The standard InChI is InChI=1S/C32H25N2/c1-33-19-15-23(16-20-33)3-5-25-7-9-27-12-14-30-26(6-4-24-17-21-34(2)22-18-24)8-10-28-11-13-29(25)31(27)32(28)30/h3-21H,1-2H3/q+1/b5-3+,6-4+. The van der Waals surface area contributed by atoms with Crippen molar-refractivity contribution in [2.24, 2.45) is 14.1 Å². The number of pyridine rings is 2. The van der Waals surface area contributed by atoms with Crippen molar-refractivity contribution in [3.8, 4) is 0 Å². The van der Waals surface area contributed by atoms with Crippen LogP contribution in [0, 0.1) is 6.20 Å². The molecule has 34 heavy (non-hydrogen) atoms. The molecule has 2 heterocycles. The lowest BCUT2D eigenvalue weighted by Gasteiger charge is -2.14. The number of nitrogens with zero attached hydrogens (tertiary/aromatic N) is 2. The van der Waals surface area contributed by atoms with Gasteiger partial charge in [0, 0.05) is 12.1 Å². The first-order chi connectivity index (χ1) is 16.7. The Hall–Kier alpha value is -4.30. The Kier molecular flexibility index (Phi) is 4.92. The highest BCUT2D eigenvalue weighted by molar-refractivity contribution is 6.25. The molecule has 0 atom stereocenters. The van der Waals surface area contributed by atoms with Crippen LogP contribution in [0.25, 0.3) is 56.6 Å². The minimum absolute atomic E-state index is 1.14. The van der Waals surface area contributed by atoms with Gasteiger partial charge in [-0.1, -0.05) is 66.8 Å². The molecule has 2 heteroatoms. The minimum Gasteiger partial charge on any atom is -0.313 e. The zero-order valence-corrected chi connectivity index (χ0v) is 19.4. The maximum Gasteiger partial charge on any atom is 0.169 e. The molecule has 0 spiro atoms. The molecule has 2 aromatic heterocycles. The third kappa shape index (κ3) is 3.64. The molecular weight excluding hydrogens is 412 g/mol. The van der Waals surface area contributed by atoms with E-state index >= 15 is 0 Å². The summed E-state index contributed by atoms with van der Waals surface area (Å²) in [6.07, 6.45) is 18.2. The van der Waals surface area contributed by atoms with Gasteiger partial charge >= 0.3 is 0 Å². The quantitative estimate of drug-likeness (QED) is 0.172. The molecule has 0 radical (unpaired) electrons. The van der Waals surface area contributed by atoms with Gasteiger partial charge in [-0.2, -0.15) is 0 Å². The summed E-state index contributed by atoms with van der Waals surface area (Å²) in [5, 5.41) is 7.82. The topological polar surface area (TPSA) is 7.76 Å². The van der Waals surface area contributed by atoms with Gasteiger partial charge in [-0.15, -0.1) is 23.8 Å². The molecule has 0 saturated carbocycles. The number of aromatic nitrogens is 2. The van der Waals surface area contributed by atoms with E-state index in [2.05, 4.69) is 114 Å². The first kappa shape index (κ1) is 20.3. The lowest BCUT2D eigenvalue weighted by Crippen LogP contribution is -2.26. The van der Waals surface area contributed by atoms with Crippen molar-refractivity contribution in [2.45, 2.75) is 0 Å². The average Bonchev–Trinajstić information content (AvgIpc) is 2.87. The largest absolute Gasteiger partial charge is 0.313 e. The van der Waals surface area contributed by atoms with E-state index in [1.54, 1.807) is 0 Å². The summed E-state index contributed by atoms with van der Waals surface area (Å²) in [5.41, 5.74) is 4.81. The third-order valence-electron chi connectivity index (χ3n) is 6.57. The van der Waals surface area contributed by atoms with Crippen molar-refractivity contribution < 1.29 is 9.13 Å².